The first-order chi connectivity index (χ1) is 6.16. The standard InChI is InChI=1S/C9H10N2O2/c1-5-2-7-6(3-8(5)12)10-4-9(13)11-7/h2-3,10,12H,4H2,1H3,(H,11,13). The number of aromatic hydroxyl groups is 1. The fraction of sp³-hybridized carbons (Fsp3) is 0.222. The van der Waals surface area contributed by atoms with Crippen molar-refractivity contribution in [3.63, 3.8) is 0 Å². The van der Waals surface area contributed by atoms with Crippen LogP contribution in [0.25, 0.3) is 0 Å². The Hall–Kier alpha value is -1.71. The van der Waals surface area contributed by atoms with E-state index < -0.39 is 0 Å². The van der Waals surface area contributed by atoms with Gasteiger partial charge < -0.3 is 15.7 Å². The summed E-state index contributed by atoms with van der Waals surface area (Å²) in [5.41, 5.74) is 2.25. The van der Waals surface area contributed by atoms with Gasteiger partial charge in [0, 0.05) is 6.07 Å². The van der Waals surface area contributed by atoms with Crippen LogP contribution in [-0.2, 0) is 4.79 Å². The van der Waals surface area contributed by atoms with Gasteiger partial charge in [-0.3, -0.25) is 4.79 Å². The van der Waals surface area contributed by atoms with E-state index in [4.69, 9.17) is 0 Å². The number of benzene rings is 1. The number of rotatable bonds is 0. The van der Waals surface area contributed by atoms with Crippen LogP contribution in [0.15, 0.2) is 12.1 Å². The van der Waals surface area contributed by atoms with Crippen molar-refractivity contribution in [1.29, 1.82) is 0 Å². The molecule has 3 N–H and O–H groups in total. The van der Waals surface area contributed by atoms with Crippen molar-refractivity contribution in [2.45, 2.75) is 6.92 Å². The molecule has 0 saturated carbocycles. The van der Waals surface area contributed by atoms with Crippen LogP contribution in [0.4, 0.5) is 11.4 Å². The molecule has 0 atom stereocenters. The fourth-order valence-electron chi connectivity index (χ4n) is 1.32. The Morgan fingerprint density at radius 3 is 2.92 bits per heavy atom. The van der Waals surface area contributed by atoms with Crippen molar-refractivity contribution >= 4 is 17.3 Å². The zero-order chi connectivity index (χ0) is 9.42. The number of amides is 1. The van der Waals surface area contributed by atoms with Gasteiger partial charge >= 0.3 is 0 Å². The second-order valence-electron chi connectivity index (χ2n) is 3.09. The van der Waals surface area contributed by atoms with E-state index in [1.165, 1.54) is 0 Å². The van der Waals surface area contributed by atoms with Crippen LogP contribution < -0.4 is 10.6 Å². The topological polar surface area (TPSA) is 61.4 Å². The Bertz CT molecular complexity index is 374. The summed E-state index contributed by atoms with van der Waals surface area (Å²) in [4.78, 5) is 11.0. The molecule has 1 aromatic carbocycles. The lowest BCUT2D eigenvalue weighted by Gasteiger charge is -2.19. The molecule has 2 rings (SSSR count). The quantitative estimate of drug-likeness (QED) is 0.521. The van der Waals surface area contributed by atoms with Gasteiger partial charge in [0.2, 0.25) is 5.91 Å². The fourth-order valence-corrected chi connectivity index (χ4v) is 1.32. The largest absolute Gasteiger partial charge is 0.508 e. The van der Waals surface area contributed by atoms with E-state index in [-0.39, 0.29) is 18.2 Å². The molecule has 13 heavy (non-hydrogen) atoms. The van der Waals surface area contributed by atoms with Gasteiger partial charge in [-0.05, 0) is 18.6 Å². The number of phenols is 1. The lowest BCUT2D eigenvalue weighted by atomic mass is 10.1. The van der Waals surface area contributed by atoms with Gasteiger partial charge in [0.25, 0.3) is 0 Å². The molecule has 1 aliphatic rings. The SMILES string of the molecule is Cc1cc2c(cc1O)NCC(=O)N2. The van der Waals surface area contributed by atoms with Crippen LogP contribution in [-0.4, -0.2) is 17.6 Å². The first kappa shape index (κ1) is 7.91. The van der Waals surface area contributed by atoms with E-state index in [2.05, 4.69) is 10.6 Å². The summed E-state index contributed by atoms with van der Waals surface area (Å²) in [5.74, 6) is 0.181. The van der Waals surface area contributed by atoms with Gasteiger partial charge in [-0.25, -0.2) is 0 Å². The number of hydrogen-bond acceptors (Lipinski definition) is 3. The lowest BCUT2D eigenvalue weighted by molar-refractivity contribution is -0.114. The molecule has 0 fully saturated rings. The van der Waals surface area contributed by atoms with Crippen molar-refractivity contribution in [3.05, 3.63) is 17.7 Å². The Kier molecular flexibility index (Phi) is 1.62. The molecule has 0 bridgehead atoms. The average molecular weight is 178 g/mol. The normalized spacial score (nSPS) is 14.4. The highest BCUT2D eigenvalue weighted by Crippen LogP contribution is 2.31. The molecule has 1 heterocycles. The predicted molar refractivity (Wildman–Crippen MR) is 50.0 cm³/mol. The summed E-state index contributed by atoms with van der Waals surface area (Å²) < 4.78 is 0. The molecule has 1 aromatic rings. The average Bonchev–Trinajstić information content (AvgIpc) is 2.08. The maximum absolute atomic E-state index is 11.0. The molecule has 0 spiro atoms. The van der Waals surface area contributed by atoms with Crippen molar-refractivity contribution in [3.8, 4) is 5.75 Å². The van der Waals surface area contributed by atoms with Gasteiger partial charge in [0.05, 0.1) is 17.9 Å². The second-order valence-corrected chi connectivity index (χ2v) is 3.09. The minimum Gasteiger partial charge on any atom is -0.508 e. The van der Waals surface area contributed by atoms with Crippen molar-refractivity contribution in [1.82, 2.24) is 0 Å². The first-order valence-corrected chi connectivity index (χ1v) is 4.04. The number of hydrogen-bond donors (Lipinski definition) is 3. The summed E-state index contributed by atoms with van der Waals surface area (Å²) >= 11 is 0. The molecule has 4 heteroatoms. The van der Waals surface area contributed by atoms with Crippen molar-refractivity contribution in [2.75, 3.05) is 17.2 Å². The predicted octanol–water partition coefficient (Wildman–Crippen LogP) is 1.06. The number of fused-ring (bicyclic) bond motifs is 1. The third kappa shape index (κ3) is 1.30. The third-order valence-corrected chi connectivity index (χ3v) is 2.05. The minimum atomic E-state index is -0.0578. The van der Waals surface area contributed by atoms with Crippen LogP contribution in [0.3, 0.4) is 0 Å². The molecule has 0 aliphatic carbocycles. The zero-order valence-electron chi connectivity index (χ0n) is 7.22. The highest BCUT2D eigenvalue weighted by molar-refractivity contribution is 6.00. The summed E-state index contributed by atoms with van der Waals surface area (Å²) in [6.45, 7) is 2.05. The number of anilines is 2. The second kappa shape index (κ2) is 2.65. The van der Waals surface area contributed by atoms with Gasteiger partial charge in [0.1, 0.15) is 5.75 Å². The van der Waals surface area contributed by atoms with Gasteiger partial charge in [-0.2, -0.15) is 0 Å². The number of carbonyl (C=O) groups excluding carboxylic acids is 1. The maximum atomic E-state index is 11.0. The smallest absolute Gasteiger partial charge is 0.243 e. The van der Waals surface area contributed by atoms with Crippen molar-refractivity contribution in [2.24, 2.45) is 0 Å². The molecule has 0 unspecified atom stereocenters. The first-order valence-electron chi connectivity index (χ1n) is 4.04. The third-order valence-electron chi connectivity index (χ3n) is 2.05. The molecule has 0 aromatic heterocycles. The van der Waals surface area contributed by atoms with Crippen LogP contribution in [0.5, 0.6) is 5.75 Å². The van der Waals surface area contributed by atoms with Crippen LogP contribution >= 0.6 is 0 Å². The molecular formula is C9H10N2O2. The van der Waals surface area contributed by atoms with Crippen LogP contribution in [0, 0.1) is 6.92 Å². The zero-order valence-corrected chi connectivity index (χ0v) is 7.22. The van der Waals surface area contributed by atoms with E-state index in [0.717, 1.165) is 16.9 Å². The van der Waals surface area contributed by atoms with Gasteiger partial charge in [-0.1, -0.05) is 0 Å². The Morgan fingerprint density at radius 1 is 1.38 bits per heavy atom. The van der Waals surface area contributed by atoms with E-state index in [9.17, 15) is 9.90 Å². The molecular weight excluding hydrogens is 168 g/mol. The molecule has 1 aliphatic heterocycles. The highest BCUT2D eigenvalue weighted by atomic mass is 16.3. The summed E-state index contributed by atoms with van der Waals surface area (Å²) in [6, 6.07) is 3.36. The number of nitrogens with one attached hydrogen (secondary N) is 2. The van der Waals surface area contributed by atoms with Gasteiger partial charge in [-0.15, -0.1) is 0 Å². The van der Waals surface area contributed by atoms with Crippen molar-refractivity contribution < 1.29 is 9.90 Å². The maximum Gasteiger partial charge on any atom is 0.243 e. The molecule has 4 nitrogen and oxygen atoms in total. The van der Waals surface area contributed by atoms with E-state index in [1.807, 2.05) is 0 Å². The Labute approximate surface area is 75.6 Å². The summed E-state index contributed by atoms with van der Waals surface area (Å²) in [7, 11) is 0. The summed E-state index contributed by atoms with van der Waals surface area (Å²) in [6.07, 6.45) is 0. The van der Waals surface area contributed by atoms with Crippen LogP contribution in [0.1, 0.15) is 5.56 Å². The van der Waals surface area contributed by atoms with E-state index in [0.29, 0.717) is 0 Å². The lowest BCUT2D eigenvalue weighted by Crippen LogP contribution is -2.27. The number of phenolic OH excluding ortho intramolecular Hbond substituents is 1. The minimum absolute atomic E-state index is 0.0578. The van der Waals surface area contributed by atoms with Gasteiger partial charge in [0.15, 0.2) is 0 Å². The number of carbonyl (C=O) groups is 1. The Balaban J connectivity index is 2.49. The highest BCUT2D eigenvalue weighted by Gasteiger charge is 2.14. The van der Waals surface area contributed by atoms with E-state index >= 15 is 0 Å². The van der Waals surface area contributed by atoms with E-state index in [1.54, 1.807) is 19.1 Å². The Morgan fingerprint density at radius 2 is 2.15 bits per heavy atom. The van der Waals surface area contributed by atoms with Crippen LogP contribution in [0.2, 0.25) is 0 Å². The number of aryl methyl sites for hydroxylation is 1. The molecule has 0 radical (unpaired) electrons. The molecule has 0 saturated heterocycles. The molecule has 1 amide bonds. The summed E-state index contributed by atoms with van der Waals surface area (Å²) in [5, 5.41) is 15.0. The molecule has 68 valence electrons. The monoisotopic (exact) mass is 178 g/mol.